The van der Waals surface area contributed by atoms with E-state index in [0.717, 1.165) is 23.3 Å². The second-order valence-corrected chi connectivity index (χ2v) is 6.52. The van der Waals surface area contributed by atoms with Crippen LogP contribution < -0.4 is 5.32 Å². The number of aryl methyl sites for hydroxylation is 1. The number of hydrogen-bond acceptors (Lipinski definition) is 3. The normalized spacial score (nSPS) is 23.0. The first-order valence-corrected chi connectivity index (χ1v) is 7.98. The van der Waals surface area contributed by atoms with Crippen molar-refractivity contribution in [1.29, 1.82) is 0 Å². The number of aromatic nitrogens is 3. The minimum absolute atomic E-state index is 0.470. The van der Waals surface area contributed by atoms with Gasteiger partial charge in [0.1, 0.15) is 0 Å². The van der Waals surface area contributed by atoms with E-state index in [1.165, 1.54) is 29.7 Å². The largest absolute Gasteiger partial charge is 0.307 e. The predicted molar refractivity (Wildman–Crippen MR) is 85.8 cm³/mol. The summed E-state index contributed by atoms with van der Waals surface area (Å²) in [5.74, 6) is 0. The van der Waals surface area contributed by atoms with Gasteiger partial charge in [0, 0.05) is 41.9 Å². The first-order chi connectivity index (χ1) is 10.8. The standard InChI is InChI=1S/C18H18N4/c1-11-2-4-12(5-3-11)16-9-18-19-10-14-15-7-6-13(20-15)8-17(14)22(18)21-16/h2-5,9-10,13,15,20H,6-8H2,1H3/t13-,15-/m0/s1. The molecule has 0 saturated carbocycles. The first-order valence-electron chi connectivity index (χ1n) is 7.98. The van der Waals surface area contributed by atoms with Crippen LogP contribution in [-0.2, 0) is 6.42 Å². The molecule has 2 atom stereocenters. The van der Waals surface area contributed by atoms with Crippen molar-refractivity contribution >= 4 is 5.65 Å². The highest BCUT2D eigenvalue weighted by atomic mass is 15.3. The van der Waals surface area contributed by atoms with Gasteiger partial charge in [-0.3, -0.25) is 0 Å². The van der Waals surface area contributed by atoms with E-state index in [1.807, 2.05) is 6.20 Å². The molecular weight excluding hydrogens is 272 g/mol. The van der Waals surface area contributed by atoms with Crippen LogP contribution in [0.3, 0.4) is 0 Å². The summed E-state index contributed by atoms with van der Waals surface area (Å²) in [6, 6.07) is 11.7. The molecule has 0 radical (unpaired) electrons. The molecule has 0 aliphatic carbocycles. The zero-order chi connectivity index (χ0) is 14.7. The number of benzene rings is 1. The number of nitrogens with zero attached hydrogens (tertiary/aromatic N) is 3. The van der Waals surface area contributed by atoms with Crippen LogP contribution in [0.15, 0.2) is 36.5 Å². The molecule has 22 heavy (non-hydrogen) atoms. The van der Waals surface area contributed by atoms with Crippen molar-refractivity contribution in [3.05, 3.63) is 53.3 Å². The molecule has 1 aromatic carbocycles. The third-order valence-corrected chi connectivity index (χ3v) is 5.02. The lowest BCUT2D eigenvalue weighted by Crippen LogP contribution is -2.33. The van der Waals surface area contributed by atoms with Crippen LogP contribution >= 0.6 is 0 Å². The maximum atomic E-state index is 4.85. The third-order valence-electron chi connectivity index (χ3n) is 5.02. The molecule has 4 heterocycles. The number of nitrogens with one attached hydrogen (secondary N) is 1. The molecule has 1 fully saturated rings. The number of fused-ring (bicyclic) bond motifs is 6. The molecule has 110 valence electrons. The van der Waals surface area contributed by atoms with E-state index < -0.39 is 0 Å². The molecule has 2 aliphatic heterocycles. The summed E-state index contributed by atoms with van der Waals surface area (Å²) in [7, 11) is 0. The molecule has 0 amide bonds. The molecule has 1 N–H and O–H groups in total. The number of rotatable bonds is 1. The van der Waals surface area contributed by atoms with Gasteiger partial charge in [0.15, 0.2) is 5.65 Å². The van der Waals surface area contributed by atoms with Crippen molar-refractivity contribution < 1.29 is 0 Å². The Bertz CT molecular complexity index is 863. The zero-order valence-electron chi connectivity index (χ0n) is 12.6. The second-order valence-electron chi connectivity index (χ2n) is 6.52. The minimum Gasteiger partial charge on any atom is -0.307 e. The van der Waals surface area contributed by atoms with E-state index in [9.17, 15) is 0 Å². The van der Waals surface area contributed by atoms with Crippen LogP contribution in [-0.4, -0.2) is 20.6 Å². The van der Waals surface area contributed by atoms with Gasteiger partial charge < -0.3 is 5.32 Å². The molecule has 0 spiro atoms. The molecule has 5 rings (SSSR count). The molecule has 4 nitrogen and oxygen atoms in total. The molecular formula is C18H18N4. The summed E-state index contributed by atoms with van der Waals surface area (Å²) >= 11 is 0. The van der Waals surface area contributed by atoms with Crippen molar-refractivity contribution in [2.75, 3.05) is 0 Å². The molecule has 2 aromatic heterocycles. The van der Waals surface area contributed by atoms with Crippen LogP contribution in [0.4, 0.5) is 0 Å². The summed E-state index contributed by atoms with van der Waals surface area (Å²) in [6.45, 7) is 2.11. The summed E-state index contributed by atoms with van der Waals surface area (Å²) in [6.07, 6.45) is 5.58. The Morgan fingerprint density at radius 2 is 2.05 bits per heavy atom. The summed E-state index contributed by atoms with van der Waals surface area (Å²) in [5.41, 5.74) is 7.06. The third kappa shape index (κ3) is 1.74. The smallest absolute Gasteiger partial charge is 0.155 e. The lowest BCUT2D eigenvalue weighted by atomic mass is 10.0. The quantitative estimate of drug-likeness (QED) is 0.749. The van der Waals surface area contributed by atoms with Gasteiger partial charge >= 0.3 is 0 Å². The summed E-state index contributed by atoms with van der Waals surface area (Å²) < 4.78 is 2.07. The second kappa shape index (κ2) is 4.40. The minimum atomic E-state index is 0.470. The molecule has 2 aliphatic rings. The van der Waals surface area contributed by atoms with Gasteiger partial charge in [0.25, 0.3) is 0 Å². The molecule has 0 unspecified atom stereocenters. The molecule has 1 saturated heterocycles. The summed E-state index contributed by atoms with van der Waals surface area (Å²) in [5, 5.41) is 8.52. The lowest BCUT2D eigenvalue weighted by molar-refractivity contribution is 0.496. The first kappa shape index (κ1) is 12.4. The van der Waals surface area contributed by atoms with E-state index in [4.69, 9.17) is 5.10 Å². The van der Waals surface area contributed by atoms with Crippen LogP contribution in [0, 0.1) is 6.92 Å². The Balaban J connectivity index is 1.68. The Morgan fingerprint density at radius 1 is 1.18 bits per heavy atom. The SMILES string of the molecule is Cc1ccc(-c2cc3ncc4c(n3n2)C[C@@H]2CC[C@@H]4N2)cc1. The van der Waals surface area contributed by atoms with E-state index in [0.29, 0.717) is 12.1 Å². The molecule has 2 bridgehead atoms. The highest BCUT2D eigenvalue weighted by Gasteiger charge is 2.34. The molecule has 3 aromatic rings. The van der Waals surface area contributed by atoms with Crippen molar-refractivity contribution in [2.24, 2.45) is 0 Å². The monoisotopic (exact) mass is 290 g/mol. The van der Waals surface area contributed by atoms with Crippen molar-refractivity contribution in [2.45, 2.75) is 38.3 Å². The molecule has 4 heteroatoms. The van der Waals surface area contributed by atoms with E-state index in [2.05, 4.69) is 52.1 Å². The van der Waals surface area contributed by atoms with Gasteiger partial charge in [-0.2, -0.15) is 5.10 Å². The van der Waals surface area contributed by atoms with Crippen LogP contribution in [0.25, 0.3) is 16.9 Å². The van der Waals surface area contributed by atoms with Gasteiger partial charge in [-0.25, -0.2) is 9.50 Å². The highest BCUT2D eigenvalue weighted by molar-refractivity contribution is 5.64. The fourth-order valence-corrected chi connectivity index (χ4v) is 3.81. The Labute approximate surface area is 129 Å². The Hall–Kier alpha value is -2.20. The zero-order valence-corrected chi connectivity index (χ0v) is 12.6. The lowest BCUT2D eigenvalue weighted by Gasteiger charge is -2.24. The summed E-state index contributed by atoms with van der Waals surface area (Å²) in [4.78, 5) is 4.64. The average Bonchev–Trinajstić information content (AvgIpc) is 3.13. The number of hydrogen-bond donors (Lipinski definition) is 1. The maximum absolute atomic E-state index is 4.85. The van der Waals surface area contributed by atoms with E-state index >= 15 is 0 Å². The van der Waals surface area contributed by atoms with Crippen LogP contribution in [0.1, 0.15) is 35.7 Å². The van der Waals surface area contributed by atoms with Gasteiger partial charge in [-0.15, -0.1) is 0 Å². The van der Waals surface area contributed by atoms with Gasteiger partial charge in [-0.05, 0) is 19.8 Å². The van der Waals surface area contributed by atoms with Gasteiger partial charge in [-0.1, -0.05) is 29.8 Å². The van der Waals surface area contributed by atoms with Gasteiger partial charge in [0.2, 0.25) is 0 Å². The van der Waals surface area contributed by atoms with Gasteiger partial charge in [0.05, 0.1) is 11.4 Å². The maximum Gasteiger partial charge on any atom is 0.155 e. The fourth-order valence-electron chi connectivity index (χ4n) is 3.81. The fraction of sp³-hybridized carbons (Fsp3) is 0.333. The van der Waals surface area contributed by atoms with Crippen LogP contribution in [0.5, 0.6) is 0 Å². The average molecular weight is 290 g/mol. The topological polar surface area (TPSA) is 42.2 Å². The van der Waals surface area contributed by atoms with Crippen molar-refractivity contribution in [3.8, 4) is 11.3 Å². The highest BCUT2D eigenvalue weighted by Crippen LogP contribution is 2.35. The van der Waals surface area contributed by atoms with Crippen LogP contribution in [0.2, 0.25) is 0 Å². The van der Waals surface area contributed by atoms with E-state index in [1.54, 1.807) is 0 Å². The predicted octanol–water partition coefficient (Wildman–Crippen LogP) is 3.05. The Morgan fingerprint density at radius 3 is 2.91 bits per heavy atom. The van der Waals surface area contributed by atoms with Crippen molar-refractivity contribution in [3.63, 3.8) is 0 Å². The Kier molecular flexibility index (Phi) is 2.47. The van der Waals surface area contributed by atoms with E-state index in [-0.39, 0.29) is 0 Å². The van der Waals surface area contributed by atoms with Crippen molar-refractivity contribution in [1.82, 2.24) is 19.9 Å².